The first-order valence-electron chi connectivity index (χ1n) is 9.19. The third-order valence-corrected chi connectivity index (χ3v) is 4.79. The highest BCUT2D eigenvalue weighted by Crippen LogP contribution is 2.18. The smallest absolute Gasteiger partial charge is 0.272 e. The maximum atomic E-state index is 12.5. The standard InChI is InChI=1S/C20H23N5O2/c1-14(2)24-8-9-25-17(12-24)10-18(23-25)19(26)21-11-16-13-27-20(22-16)15-6-4-3-5-7-15/h3-7,10,13-14H,8-9,11-12H2,1-2H3,(H,21,26). The van der Waals surface area contributed by atoms with Crippen molar-refractivity contribution in [3.8, 4) is 11.5 Å². The molecule has 2 aromatic heterocycles. The molecule has 0 saturated carbocycles. The Balaban J connectivity index is 1.39. The molecular formula is C20H23N5O2. The SMILES string of the molecule is CC(C)N1CCn2nc(C(=O)NCc3coc(-c4ccccc4)n3)cc2C1. The maximum Gasteiger partial charge on any atom is 0.272 e. The lowest BCUT2D eigenvalue weighted by Gasteiger charge is -2.30. The molecule has 1 amide bonds. The third-order valence-electron chi connectivity index (χ3n) is 4.79. The Morgan fingerprint density at radius 1 is 1.26 bits per heavy atom. The zero-order valence-electron chi connectivity index (χ0n) is 15.6. The van der Waals surface area contributed by atoms with Gasteiger partial charge in [-0.2, -0.15) is 5.10 Å². The lowest BCUT2D eigenvalue weighted by atomic mass is 10.2. The molecule has 3 heterocycles. The number of amides is 1. The van der Waals surface area contributed by atoms with Crippen LogP contribution in [-0.4, -0.2) is 38.2 Å². The number of hydrogen-bond donors (Lipinski definition) is 1. The van der Waals surface area contributed by atoms with Crippen LogP contribution in [0.25, 0.3) is 11.5 Å². The van der Waals surface area contributed by atoms with Crippen molar-refractivity contribution >= 4 is 5.91 Å². The molecule has 1 aromatic carbocycles. The van der Waals surface area contributed by atoms with E-state index in [1.54, 1.807) is 6.26 Å². The van der Waals surface area contributed by atoms with Crippen molar-refractivity contribution in [2.75, 3.05) is 6.54 Å². The van der Waals surface area contributed by atoms with Crippen molar-refractivity contribution in [3.05, 3.63) is 59.7 Å². The lowest BCUT2D eigenvalue weighted by molar-refractivity contribution is 0.0944. The fourth-order valence-corrected chi connectivity index (χ4v) is 3.20. The van der Waals surface area contributed by atoms with E-state index >= 15 is 0 Å². The van der Waals surface area contributed by atoms with Gasteiger partial charge in [0.05, 0.1) is 24.5 Å². The van der Waals surface area contributed by atoms with Gasteiger partial charge in [-0.1, -0.05) is 18.2 Å². The molecule has 0 radical (unpaired) electrons. The summed E-state index contributed by atoms with van der Waals surface area (Å²) < 4.78 is 7.43. The van der Waals surface area contributed by atoms with Crippen LogP contribution in [0.1, 0.15) is 35.7 Å². The van der Waals surface area contributed by atoms with Gasteiger partial charge in [-0.3, -0.25) is 14.4 Å². The van der Waals surface area contributed by atoms with Gasteiger partial charge < -0.3 is 9.73 Å². The van der Waals surface area contributed by atoms with Crippen molar-refractivity contribution in [3.63, 3.8) is 0 Å². The molecule has 0 saturated heterocycles. The summed E-state index contributed by atoms with van der Waals surface area (Å²) >= 11 is 0. The minimum Gasteiger partial charge on any atom is -0.444 e. The van der Waals surface area contributed by atoms with Crippen LogP contribution in [0.5, 0.6) is 0 Å². The molecule has 1 aliphatic heterocycles. The van der Waals surface area contributed by atoms with Crippen LogP contribution in [0, 0.1) is 0 Å². The Morgan fingerprint density at radius 3 is 2.85 bits per heavy atom. The fourth-order valence-electron chi connectivity index (χ4n) is 3.20. The van der Waals surface area contributed by atoms with E-state index in [2.05, 4.69) is 34.1 Å². The van der Waals surface area contributed by atoms with Gasteiger partial charge in [0.2, 0.25) is 5.89 Å². The summed E-state index contributed by atoms with van der Waals surface area (Å²) in [4.78, 5) is 19.3. The fraction of sp³-hybridized carbons (Fsp3) is 0.350. The lowest BCUT2D eigenvalue weighted by Crippen LogP contribution is -2.38. The van der Waals surface area contributed by atoms with Crippen molar-refractivity contribution in [2.45, 2.75) is 39.5 Å². The molecule has 1 N–H and O–H groups in total. The summed E-state index contributed by atoms with van der Waals surface area (Å²) in [7, 11) is 0. The molecule has 0 spiro atoms. The van der Waals surface area contributed by atoms with E-state index in [1.807, 2.05) is 41.1 Å². The first-order chi connectivity index (χ1) is 13.1. The zero-order chi connectivity index (χ0) is 18.8. The van der Waals surface area contributed by atoms with Crippen LogP contribution < -0.4 is 5.32 Å². The van der Waals surface area contributed by atoms with Crippen LogP contribution in [0.2, 0.25) is 0 Å². The summed E-state index contributed by atoms with van der Waals surface area (Å²) in [5.74, 6) is 0.350. The molecule has 4 rings (SSSR count). The predicted molar refractivity (Wildman–Crippen MR) is 101 cm³/mol. The van der Waals surface area contributed by atoms with E-state index in [-0.39, 0.29) is 5.91 Å². The Morgan fingerprint density at radius 2 is 2.07 bits per heavy atom. The van der Waals surface area contributed by atoms with Gasteiger partial charge >= 0.3 is 0 Å². The summed E-state index contributed by atoms with van der Waals surface area (Å²) in [5, 5.41) is 7.32. The van der Waals surface area contributed by atoms with Gasteiger partial charge in [-0.05, 0) is 32.0 Å². The normalized spacial score (nSPS) is 14.3. The molecule has 0 fully saturated rings. The summed E-state index contributed by atoms with van der Waals surface area (Å²) in [6.07, 6.45) is 1.57. The van der Waals surface area contributed by atoms with Gasteiger partial charge in [0.25, 0.3) is 5.91 Å². The largest absolute Gasteiger partial charge is 0.444 e. The van der Waals surface area contributed by atoms with Crippen LogP contribution >= 0.6 is 0 Å². The summed E-state index contributed by atoms with van der Waals surface area (Å²) in [6, 6.07) is 12.0. The molecule has 7 heteroatoms. The van der Waals surface area contributed by atoms with E-state index in [9.17, 15) is 4.79 Å². The van der Waals surface area contributed by atoms with Gasteiger partial charge in [-0.15, -0.1) is 0 Å². The number of benzene rings is 1. The minimum atomic E-state index is -0.197. The van der Waals surface area contributed by atoms with E-state index in [0.717, 1.165) is 30.9 Å². The quantitative estimate of drug-likeness (QED) is 0.752. The highest BCUT2D eigenvalue weighted by atomic mass is 16.3. The molecule has 27 heavy (non-hydrogen) atoms. The number of oxazole rings is 1. The molecule has 3 aromatic rings. The number of hydrogen-bond acceptors (Lipinski definition) is 5. The molecule has 0 bridgehead atoms. The van der Waals surface area contributed by atoms with E-state index < -0.39 is 0 Å². The molecular weight excluding hydrogens is 342 g/mol. The molecule has 140 valence electrons. The number of carbonyl (C=O) groups is 1. The second-order valence-electron chi connectivity index (χ2n) is 7.00. The van der Waals surface area contributed by atoms with Gasteiger partial charge in [0.15, 0.2) is 5.69 Å². The monoisotopic (exact) mass is 365 g/mol. The van der Waals surface area contributed by atoms with Gasteiger partial charge in [0.1, 0.15) is 6.26 Å². The average molecular weight is 365 g/mol. The van der Waals surface area contributed by atoms with Gasteiger partial charge in [0, 0.05) is 24.7 Å². The topological polar surface area (TPSA) is 76.2 Å². The number of nitrogens with zero attached hydrogens (tertiary/aromatic N) is 4. The third kappa shape index (κ3) is 3.78. The van der Waals surface area contributed by atoms with Crippen molar-refractivity contribution in [1.29, 1.82) is 0 Å². The highest BCUT2D eigenvalue weighted by Gasteiger charge is 2.22. The number of aromatic nitrogens is 3. The average Bonchev–Trinajstić information content (AvgIpc) is 3.33. The Bertz CT molecular complexity index is 929. The second kappa shape index (κ2) is 7.36. The molecule has 0 unspecified atom stereocenters. The molecule has 1 aliphatic rings. The predicted octanol–water partition coefficient (Wildman–Crippen LogP) is 2.69. The van der Waals surface area contributed by atoms with Gasteiger partial charge in [-0.25, -0.2) is 4.98 Å². The number of fused-ring (bicyclic) bond motifs is 1. The minimum absolute atomic E-state index is 0.197. The first-order valence-corrected chi connectivity index (χ1v) is 9.19. The maximum absolute atomic E-state index is 12.5. The molecule has 7 nitrogen and oxygen atoms in total. The van der Waals surface area contributed by atoms with E-state index in [1.165, 1.54) is 0 Å². The molecule has 0 atom stereocenters. The van der Waals surface area contributed by atoms with E-state index in [0.29, 0.717) is 29.9 Å². The number of carbonyl (C=O) groups excluding carboxylic acids is 1. The Hall–Kier alpha value is -2.93. The second-order valence-corrected chi connectivity index (χ2v) is 7.00. The summed E-state index contributed by atoms with van der Waals surface area (Å²) in [5.41, 5.74) is 3.11. The Labute approximate surface area is 158 Å². The summed E-state index contributed by atoms with van der Waals surface area (Å²) in [6.45, 7) is 7.25. The van der Waals surface area contributed by atoms with Crippen LogP contribution in [0.4, 0.5) is 0 Å². The van der Waals surface area contributed by atoms with Crippen LogP contribution in [0.15, 0.2) is 47.1 Å². The van der Waals surface area contributed by atoms with E-state index in [4.69, 9.17) is 4.42 Å². The highest BCUT2D eigenvalue weighted by molar-refractivity contribution is 5.92. The van der Waals surface area contributed by atoms with Crippen LogP contribution in [0.3, 0.4) is 0 Å². The zero-order valence-corrected chi connectivity index (χ0v) is 15.6. The number of nitrogens with one attached hydrogen (secondary N) is 1. The van der Waals surface area contributed by atoms with Crippen molar-refractivity contribution in [2.24, 2.45) is 0 Å². The first kappa shape index (κ1) is 17.5. The number of rotatable bonds is 5. The van der Waals surface area contributed by atoms with Crippen LogP contribution in [-0.2, 0) is 19.6 Å². The Kier molecular flexibility index (Phi) is 4.77. The van der Waals surface area contributed by atoms with Crippen molar-refractivity contribution < 1.29 is 9.21 Å². The molecule has 0 aliphatic carbocycles. The van der Waals surface area contributed by atoms with Crippen molar-refractivity contribution in [1.82, 2.24) is 25.0 Å².